The Morgan fingerprint density at radius 2 is 1.42 bits per heavy atom. The molecule has 0 fully saturated rings. The van der Waals surface area contributed by atoms with E-state index in [-0.39, 0.29) is 23.0 Å². The van der Waals surface area contributed by atoms with Crippen molar-refractivity contribution in [1.29, 1.82) is 0 Å². The summed E-state index contributed by atoms with van der Waals surface area (Å²) in [6.45, 7) is 3.77. The maximum Gasteiger partial charge on any atom is 0.245 e. The van der Waals surface area contributed by atoms with Gasteiger partial charge in [0.05, 0.1) is 5.02 Å². The SMILES string of the molecule is CCCNCc1cc(Cl)cc(S(=O)(=O)N(Cc2ccccc2)Cc2ccccc2)c1Cl. The van der Waals surface area contributed by atoms with Crippen LogP contribution in [0.25, 0.3) is 0 Å². The quantitative estimate of drug-likeness (QED) is 0.371. The molecule has 0 unspecified atom stereocenters. The minimum Gasteiger partial charge on any atom is -0.313 e. The van der Waals surface area contributed by atoms with Crippen molar-refractivity contribution in [3.05, 3.63) is 99.5 Å². The minimum atomic E-state index is -3.91. The van der Waals surface area contributed by atoms with Crippen LogP contribution in [0.3, 0.4) is 0 Å². The average Bonchev–Trinajstić information content (AvgIpc) is 2.77. The van der Waals surface area contributed by atoms with Crippen molar-refractivity contribution in [2.45, 2.75) is 37.9 Å². The maximum atomic E-state index is 13.8. The molecule has 0 aromatic heterocycles. The van der Waals surface area contributed by atoms with Crippen molar-refractivity contribution in [2.75, 3.05) is 6.54 Å². The summed E-state index contributed by atoms with van der Waals surface area (Å²) in [5.74, 6) is 0. The Balaban J connectivity index is 2.01. The first kappa shape index (κ1) is 23.8. The molecule has 0 atom stereocenters. The molecule has 1 N–H and O–H groups in total. The molecule has 0 bridgehead atoms. The van der Waals surface area contributed by atoms with Crippen LogP contribution in [0.5, 0.6) is 0 Å². The van der Waals surface area contributed by atoms with Crippen molar-refractivity contribution < 1.29 is 8.42 Å². The van der Waals surface area contributed by atoms with Gasteiger partial charge in [0, 0.05) is 24.7 Å². The summed E-state index contributed by atoms with van der Waals surface area (Å²) >= 11 is 12.9. The highest BCUT2D eigenvalue weighted by atomic mass is 35.5. The van der Waals surface area contributed by atoms with Gasteiger partial charge in [-0.05, 0) is 41.8 Å². The van der Waals surface area contributed by atoms with Crippen molar-refractivity contribution in [2.24, 2.45) is 0 Å². The number of hydrogen-bond acceptors (Lipinski definition) is 3. The largest absolute Gasteiger partial charge is 0.313 e. The van der Waals surface area contributed by atoms with Crippen LogP contribution in [0.4, 0.5) is 0 Å². The third-order valence-electron chi connectivity index (χ3n) is 4.84. The van der Waals surface area contributed by atoms with Gasteiger partial charge in [-0.1, -0.05) is 90.8 Å². The maximum absolute atomic E-state index is 13.8. The van der Waals surface area contributed by atoms with Gasteiger partial charge in [-0.2, -0.15) is 4.31 Å². The minimum absolute atomic E-state index is 0.0295. The number of benzene rings is 3. The molecule has 0 spiro atoms. The van der Waals surface area contributed by atoms with Crippen molar-refractivity contribution in [3.63, 3.8) is 0 Å². The van der Waals surface area contributed by atoms with Gasteiger partial charge in [-0.15, -0.1) is 0 Å². The molecular formula is C24H26Cl2N2O2S. The van der Waals surface area contributed by atoms with Crippen LogP contribution in [0.15, 0.2) is 77.7 Å². The van der Waals surface area contributed by atoms with Gasteiger partial charge in [-0.25, -0.2) is 8.42 Å². The third-order valence-corrected chi connectivity index (χ3v) is 7.44. The lowest BCUT2D eigenvalue weighted by atomic mass is 10.2. The first-order chi connectivity index (χ1) is 14.9. The highest BCUT2D eigenvalue weighted by molar-refractivity contribution is 7.89. The Labute approximate surface area is 194 Å². The topological polar surface area (TPSA) is 49.4 Å². The zero-order chi connectivity index (χ0) is 22.3. The second-order valence-electron chi connectivity index (χ2n) is 7.30. The van der Waals surface area contributed by atoms with Crippen LogP contribution < -0.4 is 5.32 Å². The molecule has 7 heteroatoms. The van der Waals surface area contributed by atoms with Gasteiger partial charge in [-0.3, -0.25) is 0 Å². The number of nitrogens with one attached hydrogen (secondary N) is 1. The van der Waals surface area contributed by atoms with E-state index in [1.54, 1.807) is 6.07 Å². The molecule has 3 rings (SSSR count). The van der Waals surface area contributed by atoms with Crippen LogP contribution in [0.2, 0.25) is 10.0 Å². The summed E-state index contributed by atoms with van der Waals surface area (Å²) in [4.78, 5) is 0.0295. The van der Waals surface area contributed by atoms with Crippen molar-refractivity contribution >= 4 is 33.2 Å². The fourth-order valence-corrected chi connectivity index (χ4v) is 5.60. The molecule has 0 saturated carbocycles. The van der Waals surface area contributed by atoms with Gasteiger partial charge < -0.3 is 5.32 Å². The van der Waals surface area contributed by atoms with Crippen LogP contribution in [-0.4, -0.2) is 19.3 Å². The summed E-state index contributed by atoms with van der Waals surface area (Å²) in [6.07, 6.45) is 0.964. The lowest BCUT2D eigenvalue weighted by molar-refractivity contribution is 0.401. The van der Waals surface area contributed by atoms with Gasteiger partial charge in [0.15, 0.2) is 0 Å². The smallest absolute Gasteiger partial charge is 0.245 e. The van der Waals surface area contributed by atoms with E-state index in [4.69, 9.17) is 23.2 Å². The van der Waals surface area contributed by atoms with E-state index in [2.05, 4.69) is 12.2 Å². The van der Waals surface area contributed by atoms with E-state index >= 15 is 0 Å². The number of hydrogen-bond donors (Lipinski definition) is 1. The van der Waals surface area contributed by atoms with E-state index in [0.29, 0.717) is 17.1 Å². The summed E-state index contributed by atoms with van der Waals surface area (Å²) in [6, 6.07) is 22.2. The first-order valence-electron chi connectivity index (χ1n) is 10.2. The Bertz CT molecular complexity index is 1050. The molecule has 164 valence electrons. The van der Waals surface area contributed by atoms with E-state index in [0.717, 1.165) is 24.1 Å². The van der Waals surface area contributed by atoms with Crippen LogP contribution in [-0.2, 0) is 29.7 Å². The Morgan fingerprint density at radius 3 is 1.94 bits per heavy atom. The molecule has 0 aliphatic rings. The first-order valence-corrected chi connectivity index (χ1v) is 12.4. The van der Waals surface area contributed by atoms with Crippen LogP contribution in [0.1, 0.15) is 30.0 Å². The predicted octanol–water partition coefficient (Wildman–Crippen LogP) is 5.88. The number of halogens is 2. The highest BCUT2D eigenvalue weighted by Gasteiger charge is 2.29. The zero-order valence-electron chi connectivity index (χ0n) is 17.4. The van der Waals surface area contributed by atoms with E-state index in [9.17, 15) is 8.42 Å². The molecule has 4 nitrogen and oxygen atoms in total. The van der Waals surface area contributed by atoms with Crippen molar-refractivity contribution in [1.82, 2.24) is 9.62 Å². The van der Waals surface area contributed by atoms with Gasteiger partial charge in [0.1, 0.15) is 4.90 Å². The van der Waals surface area contributed by atoms with E-state index < -0.39 is 10.0 Å². The molecule has 0 radical (unpaired) electrons. The van der Waals surface area contributed by atoms with Gasteiger partial charge >= 0.3 is 0 Å². The number of nitrogens with zero attached hydrogens (tertiary/aromatic N) is 1. The normalized spacial score (nSPS) is 11.7. The van der Waals surface area contributed by atoms with Crippen LogP contribution >= 0.6 is 23.2 Å². The summed E-state index contributed by atoms with van der Waals surface area (Å²) in [5, 5.41) is 3.81. The predicted molar refractivity (Wildman–Crippen MR) is 128 cm³/mol. The van der Waals surface area contributed by atoms with Gasteiger partial charge in [0.25, 0.3) is 0 Å². The molecule has 0 aliphatic carbocycles. The van der Waals surface area contributed by atoms with E-state index in [1.807, 2.05) is 60.7 Å². The molecular weight excluding hydrogens is 451 g/mol. The second kappa shape index (κ2) is 11.1. The Morgan fingerprint density at radius 1 is 0.871 bits per heavy atom. The molecule has 0 aliphatic heterocycles. The molecule has 31 heavy (non-hydrogen) atoms. The fourth-order valence-electron chi connectivity index (χ4n) is 3.27. The Kier molecular flexibility index (Phi) is 8.52. The second-order valence-corrected chi connectivity index (χ2v) is 10.0. The lowest BCUT2D eigenvalue weighted by Crippen LogP contribution is -2.30. The summed E-state index contributed by atoms with van der Waals surface area (Å²) in [5.41, 5.74) is 2.45. The fraction of sp³-hybridized carbons (Fsp3) is 0.250. The number of sulfonamides is 1. The number of rotatable bonds is 10. The average molecular weight is 477 g/mol. The summed E-state index contributed by atoms with van der Waals surface area (Å²) in [7, 11) is -3.91. The highest BCUT2D eigenvalue weighted by Crippen LogP contribution is 2.33. The zero-order valence-corrected chi connectivity index (χ0v) is 19.7. The monoisotopic (exact) mass is 476 g/mol. The molecule has 0 saturated heterocycles. The standard InChI is InChI=1S/C24H26Cl2N2O2S/c1-2-13-27-16-21-14-22(25)15-23(24(21)26)31(29,30)28(17-19-9-5-3-6-10-19)18-20-11-7-4-8-12-20/h3-12,14-15,27H,2,13,16-18H2,1H3. The molecule has 3 aromatic rings. The van der Waals surface area contributed by atoms with Crippen molar-refractivity contribution in [3.8, 4) is 0 Å². The summed E-state index contributed by atoms with van der Waals surface area (Å²) < 4.78 is 29.0. The van der Waals surface area contributed by atoms with Gasteiger partial charge in [0.2, 0.25) is 10.0 Å². The molecule has 3 aromatic carbocycles. The molecule has 0 heterocycles. The Hall–Kier alpha value is -1.89. The third kappa shape index (κ3) is 6.31. The molecule has 0 amide bonds. The van der Waals surface area contributed by atoms with Crippen LogP contribution in [0, 0.1) is 0 Å². The van der Waals surface area contributed by atoms with E-state index in [1.165, 1.54) is 10.4 Å². The lowest BCUT2D eigenvalue weighted by Gasteiger charge is -2.24.